The Hall–Kier alpha value is -1.51. The molecule has 114 valence electrons. The van der Waals surface area contributed by atoms with E-state index in [2.05, 4.69) is 47.8 Å². The molecule has 1 aromatic rings. The number of allylic oxidation sites excluding steroid dienone is 4. The van der Waals surface area contributed by atoms with Crippen LogP contribution >= 0.6 is 11.6 Å². The summed E-state index contributed by atoms with van der Waals surface area (Å²) in [6.07, 6.45) is 8.90. The molecule has 1 heterocycles. The Labute approximate surface area is 136 Å². The lowest BCUT2D eigenvalue weighted by Gasteiger charge is -2.38. The van der Waals surface area contributed by atoms with Gasteiger partial charge in [-0.3, -0.25) is 0 Å². The van der Waals surface area contributed by atoms with Crippen molar-refractivity contribution < 1.29 is 4.74 Å². The van der Waals surface area contributed by atoms with Crippen LogP contribution in [0.2, 0.25) is 0 Å². The van der Waals surface area contributed by atoms with E-state index in [0.29, 0.717) is 22.9 Å². The predicted octanol–water partition coefficient (Wildman–Crippen LogP) is 3.90. The maximum Gasteiger partial charge on any atom is 0.134 e. The van der Waals surface area contributed by atoms with Gasteiger partial charge in [0.1, 0.15) is 5.76 Å². The normalized spacial score (nSPS) is 29.9. The molecule has 3 atom stereocenters. The van der Waals surface area contributed by atoms with Gasteiger partial charge in [0.15, 0.2) is 0 Å². The lowest BCUT2D eigenvalue weighted by Crippen LogP contribution is -2.40. The van der Waals surface area contributed by atoms with Gasteiger partial charge in [0.2, 0.25) is 0 Å². The maximum atomic E-state index is 6.34. The van der Waals surface area contributed by atoms with Crippen LogP contribution in [0.5, 0.6) is 0 Å². The molecule has 0 amide bonds. The van der Waals surface area contributed by atoms with Crippen molar-refractivity contribution in [2.45, 2.75) is 24.8 Å². The van der Waals surface area contributed by atoms with Crippen LogP contribution in [0.15, 0.2) is 58.9 Å². The van der Waals surface area contributed by atoms with E-state index in [1.54, 1.807) is 7.11 Å². The topological polar surface area (TPSA) is 21.3 Å². The van der Waals surface area contributed by atoms with E-state index in [1.807, 2.05) is 0 Å². The molecule has 0 fully saturated rings. The van der Waals surface area contributed by atoms with Gasteiger partial charge in [-0.15, -0.1) is 0 Å². The van der Waals surface area contributed by atoms with E-state index in [9.17, 15) is 0 Å². The molecule has 1 N–H and O–H groups in total. The first-order chi connectivity index (χ1) is 10.8. The maximum absolute atomic E-state index is 6.34. The number of aryl methyl sites for hydroxylation is 1. The zero-order valence-electron chi connectivity index (χ0n) is 12.7. The molecule has 0 aromatic heterocycles. The molecular weight excluding hydrogens is 294 g/mol. The Morgan fingerprint density at radius 1 is 1.27 bits per heavy atom. The third-order valence-electron chi connectivity index (χ3n) is 5.14. The van der Waals surface area contributed by atoms with Gasteiger partial charge in [0.05, 0.1) is 12.1 Å². The second-order valence-electron chi connectivity index (χ2n) is 6.24. The standard InChI is InChI=1S/C19H20ClNO/c1-22-18-11-15-13(10-16(18)20)8-9-21-17-7-6-12-4-2-3-5-14(12)19(15)17/h2-5,8,10-11,15,17,19,21H,6-7,9H2,1H3/t15?,17-,19-/m0/s1. The fraction of sp³-hybridized carbons (Fsp3) is 0.368. The Morgan fingerprint density at radius 2 is 2.14 bits per heavy atom. The number of methoxy groups -OCH3 is 1. The molecule has 4 rings (SSSR count). The molecule has 0 spiro atoms. The number of benzene rings is 1. The number of halogens is 1. The summed E-state index contributed by atoms with van der Waals surface area (Å²) in [4.78, 5) is 0. The van der Waals surface area contributed by atoms with Gasteiger partial charge in [-0.1, -0.05) is 41.9 Å². The summed E-state index contributed by atoms with van der Waals surface area (Å²) in [6, 6.07) is 9.37. The lowest BCUT2D eigenvalue weighted by atomic mass is 9.70. The average Bonchev–Trinajstić information content (AvgIpc) is 2.72. The summed E-state index contributed by atoms with van der Waals surface area (Å²) < 4.78 is 5.47. The van der Waals surface area contributed by atoms with Crippen molar-refractivity contribution in [3.05, 3.63) is 70.0 Å². The fourth-order valence-electron chi connectivity index (χ4n) is 4.12. The Balaban J connectivity index is 1.83. The molecule has 0 bridgehead atoms. The van der Waals surface area contributed by atoms with E-state index in [-0.39, 0.29) is 0 Å². The molecule has 1 aliphatic heterocycles. The second-order valence-corrected chi connectivity index (χ2v) is 6.64. The van der Waals surface area contributed by atoms with Crippen molar-refractivity contribution in [3.8, 4) is 0 Å². The molecule has 3 aliphatic rings. The number of hydrogen-bond acceptors (Lipinski definition) is 2. The number of rotatable bonds is 1. The highest BCUT2D eigenvalue weighted by molar-refractivity contribution is 6.32. The molecular formula is C19H20ClNO. The number of nitrogens with one attached hydrogen (secondary N) is 1. The van der Waals surface area contributed by atoms with Gasteiger partial charge in [-0.25, -0.2) is 0 Å². The third-order valence-corrected chi connectivity index (χ3v) is 5.44. The van der Waals surface area contributed by atoms with Gasteiger partial charge < -0.3 is 10.1 Å². The highest BCUT2D eigenvalue weighted by Gasteiger charge is 2.38. The van der Waals surface area contributed by atoms with Gasteiger partial charge >= 0.3 is 0 Å². The predicted molar refractivity (Wildman–Crippen MR) is 89.9 cm³/mol. The highest BCUT2D eigenvalue weighted by atomic mass is 35.5. The minimum atomic E-state index is 0.332. The van der Waals surface area contributed by atoms with E-state index in [4.69, 9.17) is 16.3 Å². The second kappa shape index (κ2) is 5.60. The van der Waals surface area contributed by atoms with Crippen LogP contribution in [0.3, 0.4) is 0 Å². The molecule has 0 saturated carbocycles. The SMILES string of the molecule is COC1=CC2C(=CCN[C@H]3CCc4ccccc4[C@@H]23)C=C1Cl. The Morgan fingerprint density at radius 3 is 3.00 bits per heavy atom. The lowest BCUT2D eigenvalue weighted by molar-refractivity contribution is 0.293. The quantitative estimate of drug-likeness (QED) is 0.849. The van der Waals surface area contributed by atoms with Gasteiger partial charge in [-0.2, -0.15) is 0 Å². The summed E-state index contributed by atoms with van der Waals surface area (Å²) in [5.74, 6) is 1.58. The number of hydrogen-bond donors (Lipinski definition) is 1. The molecule has 0 radical (unpaired) electrons. The first-order valence-corrected chi connectivity index (χ1v) is 8.30. The Bertz CT molecular complexity index is 688. The highest BCUT2D eigenvalue weighted by Crippen LogP contribution is 2.45. The fourth-order valence-corrected chi connectivity index (χ4v) is 4.39. The molecule has 2 aliphatic carbocycles. The molecule has 1 unspecified atom stereocenters. The zero-order chi connectivity index (χ0) is 15.1. The van der Waals surface area contributed by atoms with Crippen molar-refractivity contribution in [2.24, 2.45) is 5.92 Å². The van der Waals surface area contributed by atoms with Crippen molar-refractivity contribution in [1.29, 1.82) is 0 Å². The van der Waals surface area contributed by atoms with Crippen LogP contribution in [0, 0.1) is 5.92 Å². The van der Waals surface area contributed by atoms with Crippen LogP contribution in [0.25, 0.3) is 0 Å². The zero-order valence-corrected chi connectivity index (χ0v) is 13.4. The molecule has 2 nitrogen and oxygen atoms in total. The van der Waals surface area contributed by atoms with Crippen LogP contribution in [0.4, 0.5) is 0 Å². The molecule has 22 heavy (non-hydrogen) atoms. The van der Waals surface area contributed by atoms with Crippen LogP contribution in [-0.2, 0) is 11.2 Å². The summed E-state index contributed by atoms with van der Waals surface area (Å²) in [5, 5.41) is 4.41. The van der Waals surface area contributed by atoms with Crippen molar-refractivity contribution in [1.82, 2.24) is 5.32 Å². The van der Waals surface area contributed by atoms with E-state index < -0.39 is 0 Å². The molecule has 3 heteroatoms. The first-order valence-electron chi connectivity index (χ1n) is 7.92. The summed E-state index contributed by atoms with van der Waals surface area (Å²) in [5.41, 5.74) is 4.27. The summed E-state index contributed by atoms with van der Waals surface area (Å²) >= 11 is 6.34. The van der Waals surface area contributed by atoms with Gasteiger partial charge in [-0.05, 0) is 41.7 Å². The van der Waals surface area contributed by atoms with Crippen molar-refractivity contribution in [3.63, 3.8) is 0 Å². The largest absolute Gasteiger partial charge is 0.496 e. The van der Waals surface area contributed by atoms with Gasteiger partial charge in [0, 0.05) is 24.4 Å². The monoisotopic (exact) mass is 313 g/mol. The van der Waals surface area contributed by atoms with Crippen LogP contribution in [0.1, 0.15) is 23.5 Å². The number of fused-ring (bicyclic) bond motifs is 5. The first kappa shape index (κ1) is 14.1. The van der Waals surface area contributed by atoms with Gasteiger partial charge in [0.25, 0.3) is 0 Å². The molecule has 1 aromatic carbocycles. The van der Waals surface area contributed by atoms with Crippen LogP contribution < -0.4 is 5.32 Å². The number of ether oxygens (including phenoxy) is 1. The minimum absolute atomic E-state index is 0.332. The van der Waals surface area contributed by atoms with E-state index in [1.165, 1.54) is 23.1 Å². The van der Waals surface area contributed by atoms with Crippen molar-refractivity contribution >= 4 is 11.6 Å². The molecule has 0 saturated heterocycles. The summed E-state index contributed by atoms with van der Waals surface area (Å²) in [7, 11) is 1.69. The smallest absolute Gasteiger partial charge is 0.134 e. The van der Waals surface area contributed by atoms with Crippen LogP contribution in [-0.4, -0.2) is 19.7 Å². The summed E-state index contributed by atoms with van der Waals surface area (Å²) in [6.45, 7) is 0.909. The van der Waals surface area contributed by atoms with Crippen molar-refractivity contribution in [2.75, 3.05) is 13.7 Å². The Kier molecular flexibility index (Phi) is 3.59. The van der Waals surface area contributed by atoms with E-state index >= 15 is 0 Å². The third kappa shape index (κ3) is 2.22. The minimum Gasteiger partial charge on any atom is -0.496 e. The average molecular weight is 314 g/mol. The van der Waals surface area contributed by atoms with E-state index in [0.717, 1.165) is 18.7 Å².